The predicted molar refractivity (Wildman–Crippen MR) is 117 cm³/mol. The van der Waals surface area contributed by atoms with E-state index in [9.17, 15) is 9.59 Å². The normalized spacial score (nSPS) is 19.4. The van der Waals surface area contributed by atoms with Gasteiger partial charge in [-0.3, -0.25) is 9.59 Å². The maximum atomic E-state index is 12.9. The number of rotatable bonds is 6. The van der Waals surface area contributed by atoms with Gasteiger partial charge >= 0.3 is 11.8 Å². The molecule has 0 spiro atoms. The van der Waals surface area contributed by atoms with E-state index in [0.717, 1.165) is 12.6 Å². The van der Waals surface area contributed by atoms with Gasteiger partial charge in [-0.2, -0.15) is 0 Å². The number of amides is 2. The van der Waals surface area contributed by atoms with Gasteiger partial charge in [0.1, 0.15) is 11.6 Å². The second kappa shape index (κ2) is 10.2. The van der Waals surface area contributed by atoms with Crippen molar-refractivity contribution in [3.05, 3.63) is 42.0 Å². The molecule has 10 heteroatoms. The van der Waals surface area contributed by atoms with Crippen molar-refractivity contribution in [1.82, 2.24) is 15.2 Å². The van der Waals surface area contributed by atoms with E-state index in [0.29, 0.717) is 30.0 Å². The fourth-order valence-electron chi connectivity index (χ4n) is 3.15. The van der Waals surface area contributed by atoms with Crippen molar-refractivity contribution in [2.24, 2.45) is 11.7 Å². The number of allylic oxidation sites excluding steroid dienone is 1. The molecule has 1 saturated heterocycles. The molecule has 0 bridgehead atoms. The van der Waals surface area contributed by atoms with Gasteiger partial charge in [0.25, 0.3) is 0 Å². The second-order valence-electron chi connectivity index (χ2n) is 7.26. The molecule has 0 aliphatic carbocycles. The lowest BCUT2D eigenvalue weighted by Gasteiger charge is -2.38. The monoisotopic (exact) mass is 412 g/mol. The SMILES string of the molecule is Cc1cc(NC(=O)C(=O)N2C[C@H](C)CC[C@H]2C(=N)/C=C\N/C(N)=C/C=N)cnc1N. The molecule has 0 aromatic carbocycles. The number of carbonyl (C=O) groups excluding carboxylic acids is 2. The maximum absolute atomic E-state index is 12.9. The van der Waals surface area contributed by atoms with Crippen molar-refractivity contribution in [1.29, 1.82) is 10.8 Å². The molecular weight excluding hydrogens is 384 g/mol. The Morgan fingerprint density at radius 1 is 1.37 bits per heavy atom. The highest BCUT2D eigenvalue weighted by molar-refractivity contribution is 6.40. The van der Waals surface area contributed by atoms with Crippen LogP contribution in [0.4, 0.5) is 11.5 Å². The molecular formula is C20H28N8O2. The summed E-state index contributed by atoms with van der Waals surface area (Å²) >= 11 is 0. The zero-order valence-corrected chi connectivity index (χ0v) is 17.1. The zero-order chi connectivity index (χ0) is 22.3. The number of anilines is 2. The van der Waals surface area contributed by atoms with E-state index < -0.39 is 17.9 Å². The number of nitrogens with one attached hydrogen (secondary N) is 4. The van der Waals surface area contributed by atoms with Crippen LogP contribution in [-0.2, 0) is 9.59 Å². The van der Waals surface area contributed by atoms with Crippen LogP contribution in [-0.4, -0.2) is 46.2 Å². The summed E-state index contributed by atoms with van der Waals surface area (Å²) in [6.07, 6.45) is 8.20. The molecule has 1 aliphatic heterocycles. The van der Waals surface area contributed by atoms with Gasteiger partial charge in [-0.25, -0.2) is 4.98 Å². The Kier molecular flexibility index (Phi) is 7.68. The van der Waals surface area contributed by atoms with Crippen LogP contribution < -0.4 is 22.1 Å². The summed E-state index contributed by atoms with van der Waals surface area (Å²) in [4.78, 5) is 30.8. The highest BCUT2D eigenvalue weighted by Crippen LogP contribution is 2.23. The molecule has 0 saturated carbocycles. The van der Waals surface area contributed by atoms with Crippen LogP contribution in [0.5, 0.6) is 0 Å². The number of hydrogen-bond acceptors (Lipinski definition) is 8. The van der Waals surface area contributed by atoms with Gasteiger partial charge in [-0.15, -0.1) is 0 Å². The lowest BCUT2D eigenvalue weighted by molar-refractivity contribution is -0.145. The van der Waals surface area contributed by atoms with E-state index in [1.165, 1.54) is 29.4 Å². The molecule has 1 fully saturated rings. The summed E-state index contributed by atoms with van der Waals surface area (Å²) in [6.45, 7) is 4.15. The van der Waals surface area contributed by atoms with Crippen molar-refractivity contribution < 1.29 is 9.59 Å². The summed E-state index contributed by atoms with van der Waals surface area (Å²) in [6, 6.07) is 1.13. The Morgan fingerprint density at radius 2 is 2.10 bits per heavy atom. The summed E-state index contributed by atoms with van der Waals surface area (Å²) in [5, 5.41) is 20.6. The minimum atomic E-state index is -0.784. The van der Waals surface area contributed by atoms with E-state index in [-0.39, 0.29) is 17.5 Å². The number of likely N-dealkylation sites (tertiary alicyclic amines) is 1. The summed E-state index contributed by atoms with van der Waals surface area (Å²) < 4.78 is 0. The number of nitrogens with two attached hydrogens (primary N) is 2. The predicted octanol–water partition coefficient (Wildman–Crippen LogP) is 1.11. The van der Waals surface area contributed by atoms with Gasteiger partial charge in [0.05, 0.1) is 23.6 Å². The Morgan fingerprint density at radius 3 is 2.77 bits per heavy atom. The Labute approximate surface area is 175 Å². The molecule has 8 N–H and O–H groups in total. The van der Waals surface area contributed by atoms with Crippen molar-refractivity contribution in [3.8, 4) is 0 Å². The quantitative estimate of drug-likeness (QED) is 0.301. The first-order valence-electron chi connectivity index (χ1n) is 9.54. The molecule has 1 aromatic rings. The number of pyridine rings is 1. The van der Waals surface area contributed by atoms with Crippen LogP contribution in [0.25, 0.3) is 0 Å². The average molecular weight is 412 g/mol. The molecule has 0 radical (unpaired) electrons. The Bertz CT molecular complexity index is 893. The Hall–Kier alpha value is -3.69. The van der Waals surface area contributed by atoms with Crippen molar-refractivity contribution >= 4 is 35.2 Å². The first-order valence-corrected chi connectivity index (χ1v) is 9.54. The van der Waals surface area contributed by atoms with Gasteiger partial charge in [0, 0.05) is 19.0 Å². The first kappa shape index (κ1) is 22.6. The third-order valence-electron chi connectivity index (χ3n) is 4.78. The topological polar surface area (TPSA) is 174 Å². The van der Waals surface area contributed by atoms with Crippen molar-refractivity contribution in [3.63, 3.8) is 0 Å². The number of nitrogen functional groups attached to an aromatic ring is 1. The number of nitrogens with zero attached hydrogens (tertiary/aromatic N) is 2. The van der Waals surface area contributed by atoms with Crippen molar-refractivity contribution in [2.45, 2.75) is 32.7 Å². The minimum absolute atomic E-state index is 0.184. The van der Waals surface area contributed by atoms with Gasteiger partial charge in [-0.1, -0.05) is 6.92 Å². The largest absolute Gasteiger partial charge is 0.385 e. The van der Waals surface area contributed by atoms with E-state index >= 15 is 0 Å². The molecule has 1 aliphatic rings. The van der Waals surface area contributed by atoms with Gasteiger partial charge in [-0.05, 0) is 49.5 Å². The third-order valence-corrected chi connectivity index (χ3v) is 4.78. The zero-order valence-electron chi connectivity index (χ0n) is 17.1. The summed E-state index contributed by atoms with van der Waals surface area (Å²) in [5.41, 5.74) is 12.6. The van der Waals surface area contributed by atoms with Crippen LogP contribution in [0, 0.1) is 23.7 Å². The second-order valence-corrected chi connectivity index (χ2v) is 7.26. The fourth-order valence-corrected chi connectivity index (χ4v) is 3.15. The number of piperidine rings is 1. The number of carbonyl (C=O) groups is 2. The first-order chi connectivity index (χ1) is 14.2. The van der Waals surface area contributed by atoms with Crippen molar-refractivity contribution in [2.75, 3.05) is 17.6 Å². The average Bonchev–Trinajstić information content (AvgIpc) is 2.70. The molecule has 2 atom stereocenters. The lowest BCUT2D eigenvalue weighted by Crippen LogP contribution is -2.53. The molecule has 2 heterocycles. The molecule has 0 unspecified atom stereocenters. The van der Waals surface area contributed by atoms with Gasteiger partial charge in [0.2, 0.25) is 0 Å². The minimum Gasteiger partial charge on any atom is -0.385 e. The van der Waals surface area contributed by atoms with Crippen LogP contribution in [0.2, 0.25) is 0 Å². The van der Waals surface area contributed by atoms with Crippen LogP contribution >= 0.6 is 0 Å². The van der Waals surface area contributed by atoms with E-state index in [1.54, 1.807) is 13.0 Å². The standard InChI is InChI=1S/C20H28N8O2/c1-12-3-4-16(15(22)6-8-25-17(23)5-7-21)28(11-12)20(30)19(29)27-14-9-13(2)18(24)26-10-14/h5-10,12,16,21-22,25H,3-4,11,23H2,1-2H3,(H2,24,26)(H,27,29)/b8-6-,17-5+,21-7?,22-15?/t12-,16+/m1/s1. The van der Waals surface area contributed by atoms with Gasteiger partial charge < -0.3 is 37.8 Å². The fraction of sp³-hybridized carbons (Fsp3) is 0.350. The number of aromatic nitrogens is 1. The Balaban J connectivity index is 2.10. The number of hydrogen-bond donors (Lipinski definition) is 6. The highest BCUT2D eigenvalue weighted by atomic mass is 16.2. The highest BCUT2D eigenvalue weighted by Gasteiger charge is 2.35. The van der Waals surface area contributed by atoms with Crippen LogP contribution in [0.1, 0.15) is 25.3 Å². The molecule has 160 valence electrons. The summed E-state index contributed by atoms with van der Waals surface area (Å²) in [7, 11) is 0. The van der Waals surface area contributed by atoms with E-state index in [2.05, 4.69) is 15.6 Å². The third kappa shape index (κ3) is 5.90. The molecule has 1 aromatic heterocycles. The smallest absolute Gasteiger partial charge is 0.313 e. The molecule has 2 amide bonds. The van der Waals surface area contributed by atoms with E-state index in [4.69, 9.17) is 22.3 Å². The summed E-state index contributed by atoms with van der Waals surface area (Å²) in [5.74, 6) is -0.650. The van der Waals surface area contributed by atoms with Crippen LogP contribution in [0.15, 0.2) is 36.4 Å². The van der Waals surface area contributed by atoms with E-state index in [1.807, 2.05) is 6.92 Å². The van der Waals surface area contributed by atoms with Gasteiger partial charge in [0.15, 0.2) is 0 Å². The maximum Gasteiger partial charge on any atom is 0.313 e. The van der Waals surface area contributed by atoms with Crippen LogP contribution in [0.3, 0.4) is 0 Å². The molecule has 10 nitrogen and oxygen atoms in total. The lowest BCUT2D eigenvalue weighted by atomic mass is 9.91. The molecule has 30 heavy (non-hydrogen) atoms. The molecule has 2 rings (SSSR count). The number of aryl methyl sites for hydroxylation is 1.